The van der Waals surface area contributed by atoms with Crippen LogP contribution >= 0.6 is 27.5 Å². The molecule has 1 heterocycles. The van der Waals surface area contributed by atoms with Gasteiger partial charge in [0.25, 0.3) is 0 Å². The monoisotopic (exact) mass is 362 g/mol. The van der Waals surface area contributed by atoms with Crippen LogP contribution in [0.25, 0.3) is 16.7 Å². The van der Waals surface area contributed by atoms with E-state index in [4.69, 9.17) is 16.6 Å². The van der Waals surface area contributed by atoms with Crippen molar-refractivity contribution in [3.63, 3.8) is 0 Å². The molecular weight excluding hydrogens is 348 g/mol. The second kappa shape index (κ2) is 5.82. The maximum atomic E-state index is 5.97. The van der Waals surface area contributed by atoms with Gasteiger partial charge in [0, 0.05) is 16.8 Å². The molecule has 0 amide bonds. The molecule has 0 N–H and O–H groups in total. The van der Waals surface area contributed by atoms with Gasteiger partial charge >= 0.3 is 0 Å². The Hall–Kier alpha value is -1.32. The van der Waals surface area contributed by atoms with Gasteiger partial charge in [0.2, 0.25) is 0 Å². The Labute approximate surface area is 137 Å². The number of aromatic nitrogens is 2. The minimum atomic E-state index is 0.565. The molecule has 0 unspecified atom stereocenters. The van der Waals surface area contributed by atoms with Crippen molar-refractivity contribution in [1.82, 2.24) is 9.55 Å². The van der Waals surface area contributed by atoms with E-state index in [1.54, 1.807) is 0 Å². The molecule has 0 saturated carbocycles. The lowest BCUT2D eigenvalue weighted by atomic mass is 10.1. The van der Waals surface area contributed by atoms with Crippen LogP contribution in [0.2, 0.25) is 0 Å². The molecule has 0 aliphatic carbocycles. The number of rotatable bonds is 3. The van der Waals surface area contributed by atoms with Crippen LogP contribution in [0.4, 0.5) is 0 Å². The van der Waals surface area contributed by atoms with E-state index in [0.717, 1.165) is 27.9 Å². The van der Waals surface area contributed by atoms with E-state index in [2.05, 4.69) is 64.7 Å². The van der Waals surface area contributed by atoms with Crippen LogP contribution in [0.3, 0.4) is 0 Å². The summed E-state index contributed by atoms with van der Waals surface area (Å²) in [6.45, 7) is 4.24. The molecule has 108 valence electrons. The van der Waals surface area contributed by atoms with Gasteiger partial charge in [-0.3, -0.25) is 4.57 Å². The van der Waals surface area contributed by atoms with Gasteiger partial charge in [-0.2, -0.15) is 0 Å². The highest BCUT2D eigenvalue weighted by Crippen LogP contribution is 2.29. The van der Waals surface area contributed by atoms with E-state index in [1.807, 2.05) is 6.07 Å². The lowest BCUT2D eigenvalue weighted by Crippen LogP contribution is -2.05. The number of nitrogens with zero attached hydrogens (tertiary/aromatic N) is 2. The van der Waals surface area contributed by atoms with E-state index in [0.29, 0.717) is 5.88 Å². The van der Waals surface area contributed by atoms with Crippen molar-refractivity contribution in [2.75, 3.05) is 5.88 Å². The number of alkyl halides is 1. The van der Waals surface area contributed by atoms with Crippen molar-refractivity contribution in [3.8, 4) is 5.69 Å². The van der Waals surface area contributed by atoms with E-state index >= 15 is 0 Å². The standard InChI is InChI=1S/C17H16BrClN2/c1-11-5-3-7-14-17(11)21(16(20-14)9-10-19)15-8-4-6-13(18)12(15)2/h3-8H,9-10H2,1-2H3. The zero-order valence-electron chi connectivity index (χ0n) is 12.0. The summed E-state index contributed by atoms with van der Waals surface area (Å²) < 4.78 is 3.35. The van der Waals surface area contributed by atoms with Crippen molar-refractivity contribution < 1.29 is 0 Å². The smallest absolute Gasteiger partial charge is 0.115 e. The Bertz CT molecular complexity index is 808. The van der Waals surface area contributed by atoms with Crippen LogP contribution in [0.15, 0.2) is 40.9 Å². The molecular formula is C17H16BrClN2. The summed E-state index contributed by atoms with van der Waals surface area (Å²) >= 11 is 9.59. The summed E-state index contributed by atoms with van der Waals surface area (Å²) in [5, 5.41) is 0. The first kappa shape index (κ1) is 14.6. The first-order valence-corrected chi connectivity index (χ1v) is 8.24. The average molecular weight is 364 g/mol. The molecule has 2 aromatic carbocycles. The topological polar surface area (TPSA) is 17.8 Å². The summed E-state index contributed by atoms with van der Waals surface area (Å²) in [5.74, 6) is 1.57. The van der Waals surface area contributed by atoms with Crippen LogP contribution in [0, 0.1) is 13.8 Å². The molecule has 0 radical (unpaired) electrons. The minimum absolute atomic E-state index is 0.565. The largest absolute Gasteiger partial charge is 0.296 e. The summed E-state index contributed by atoms with van der Waals surface area (Å²) in [6, 6.07) is 12.5. The molecule has 1 aromatic heterocycles. The maximum Gasteiger partial charge on any atom is 0.115 e. The number of hydrogen-bond acceptors (Lipinski definition) is 1. The van der Waals surface area contributed by atoms with Crippen LogP contribution in [-0.4, -0.2) is 15.4 Å². The molecule has 0 aliphatic heterocycles. The first-order chi connectivity index (χ1) is 10.1. The molecule has 0 fully saturated rings. The van der Waals surface area contributed by atoms with Gasteiger partial charge in [-0.05, 0) is 43.2 Å². The van der Waals surface area contributed by atoms with Crippen LogP contribution in [-0.2, 0) is 6.42 Å². The third-order valence-corrected chi connectivity index (χ3v) is 4.79. The number of benzene rings is 2. The third-order valence-electron chi connectivity index (χ3n) is 3.75. The van der Waals surface area contributed by atoms with Crippen molar-refractivity contribution in [2.45, 2.75) is 20.3 Å². The van der Waals surface area contributed by atoms with Gasteiger partial charge in [0.05, 0.1) is 16.7 Å². The molecule has 0 bridgehead atoms. The quantitative estimate of drug-likeness (QED) is 0.586. The van der Waals surface area contributed by atoms with Gasteiger partial charge in [-0.15, -0.1) is 11.6 Å². The minimum Gasteiger partial charge on any atom is -0.296 e. The Morgan fingerprint density at radius 3 is 2.67 bits per heavy atom. The number of fused-ring (bicyclic) bond motifs is 1. The van der Waals surface area contributed by atoms with Gasteiger partial charge in [0.15, 0.2) is 0 Å². The normalized spacial score (nSPS) is 11.2. The maximum absolute atomic E-state index is 5.97. The Morgan fingerprint density at radius 2 is 1.90 bits per heavy atom. The number of para-hydroxylation sites is 1. The second-order valence-corrected chi connectivity index (χ2v) is 6.36. The predicted molar refractivity (Wildman–Crippen MR) is 92.7 cm³/mol. The zero-order valence-corrected chi connectivity index (χ0v) is 14.4. The van der Waals surface area contributed by atoms with Crippen molar-refractivity contribution in [1.29, 1.82) is 0 Å². The van der Waals surface area contributed by atoms with E-state index in [-0.39, 0.29) is 0 Å². The van der Waals surface area contributed by atoms with Crippen LogP contribution in [0.5, 0.6) is 0 Å². The second-order valence-electron chi connectivity index (χ2n) is 5.13. The molecule has 0 saturated heterocycles. The Kier molecular flexibility index (Phi) is 4.05. The fourth-order valence-electron chi connectivity index (χ4n) is 2.69. The summed E-state index contributed by atoms with van der Waals surface area (Å²) in [7, 11) is 0. The molecule has 3 aromatic rings. The molecule has 0 aliphatic rings. The Morgan fingerprint density at radius 1 is 1.14 bits per heavy atom. The molecule has 4 heteroatoms. The zero-order chi connectivity index (χ0) is 15.0. The fourth-order valence-corrected chi connectivity index (χ4v) is 3.22. The van der Waals surface area contributed by atoms with Crippen molar-refractivity contribution in [2.24, 2.45) is 0 Å². The highest BCUT2D eigenvalue weighted by molar-refractivity contribution is 9.10. The molecule has 0 spiro atoms. The molecule has 21 heavy (non-hydrogen) atoms. The van der Waals surface area contributed by atoms with Gasteiger partial charge in [0.1, 0.15) is 5.82 Å². The highest BCUT2D eigenvalue weighted by atomic mass is 79.9. The highest BCUT2D eigenvalue weighted by Gasteiger charge is 2.15. The number of aryl methyl sites for hydroxylation is 2. The van der Waals surface area contributed by atoms with Gasteiger partial charge < -0.3 is 0 Å². The van der Waals surface area contributed by atoms with Crippen LogP contribution in [0.1, 0.15) is 17.0 Å². The fraction of sp³-hybridized carbons (Fsp3) is 0.235. The SMILES string of the molecule is Cc1c(Br)cccc1-n1c(CCCl)nc2cccc(C)c21. The van der Waals surface area contributed by atoms with Crippen LogP contribution < -0.4 is 0 Å². The molecule has 3 rings (SSSR count). The van der Waals surface area contributed by atoms with Gasteiger partial charge in [-0.25, -0.2) is 4.98 Å². The summed E-state index contributed by atoms with van der Waals surface area (Å²) in [5.41, 5.74) is 5.77. The van der Waals surface area contributed by atoms with E-state index in [1.165, 1.54) is 16.6 Å². The first-order valence-electron chi connectivity index (χ1n) is 6.92. The third kappa shape index (κ3) is 2.49. The molecule has 2 nitrogen and oxygen atoms in total. The number of imidazole rings is 1. The van der Waals surface area contributed by atoms with Crippen molar-refractivity contribution >= 4 is 38.6 Å². The Balaban J connectivity index is 2.39. The van der Waals surface area contributed by atoms with E-state index in [9.17, 15) is 0 Å². The lowest BCUT2D eigenvalue weighted by Gasteiger charge is -2.14. The molecule has 0 atom stereocenters. The lowest BCUT2D eigenvalue weighted by molar-refractivity contribution is 0.904. The van der Waals surface area contributed by atoms with Gasteiger partial charge in [-0.1, -0.05) is 34.1 Å². The summed E-state index contributed by atoms with van der Waals surface area (Å²) in [6.07, 6.45) is 0.752. The van der Waals surface area contributed by atoms with Crippen molar-refractivity contribution in [3.05, 3.63) is 57.8 Å². The average Bonchev–Trinajstić information content (AvgIpc) is 2.82. The summed E-state index contributed by atoms with van der Waals surface area (Å²) in [4.78, 5) is 4.77. The number of halogens is 2. The predicted octanol–water partition coefficient (Wildman–Crippen LogP) is 5.19. The number of hydrogen-bond donors (Lipinski definition) is 0. The van der Waals surface area contributed by atoms with E-state index < -0.39 is 0 Å².